The Labute approximate surface area is 149 Å². The molecule has 1 N–H and O–H groups in total. The molecule has 1 aromatic carbocycles. The summed E-state index contributed by atoms with van der Waals surface area (Å²) in [5.74, 6) is 2.56. The van der Waals surface area contributed by atoms with Crippen LogP contribution in [0.25, 0.3) is 0 Å². The third-order valence-electron chi connectivity index (χ3n) is 4.91. The fourth-order valence-corrected chi connectivity index (χ4v) is 3.69. The summed E-state index contributed by atoms with van der Waals surface area (Å²) in [6, 6.07) is 4.07. The van der Waals surface area contributed by atoms with Crippen LogP contribution in [-0.4, -0.2) is 49.5 Å². The van der Waals surface area contributed by atoms with Crippen molar-refractivity contribution in [1.82, 2.24) is 15.1 Å². The molecule has 1 fully saturated rings. The molecule has 0 bridgehead atoms. The topological polar surface area (TPSA) is 59.6 Å². The Morgan fingerprint density at radius 3 is 2.44 bits per heavy atom. The van der Waals surface area contributed by atoms with Gasteiger partial charge in [0.25, 0.3) is 0 Å². The van der Waals surface area contributed by atoms with Crippen LogP contribution in [0.3, 0.4) is 0 Å². The van der Waals surface area contributed by atoms with Crippen LogP contribution in [0.15, 0.2) is 18.3 Å². The van der Waals surface area contributed by atoms with Crippen molar-refractivity contribution < 1.29 is 14.2 Å². The van der Waals surface area contributed by atoms with Gasteiger partial charge in [0.15, 0.2) is 11.5 Å². The van der Waals surface area contributed by atoms with E-state index in [1.54, 1.807) is 21.3 Å². The van der Waals surface area contributed by atoms with E-state index in [9.17, 15) is 0 Å². The number of ether oxygens (including phenoxy) is 3. The van der Waals surface area contributed by atoms with Crippen molar-refractivity contribution >= 4 is 0 Å². The predicted molar refractivity (Wildman–Crippen MR) is 96.7 cm³/mol. The Balaban J connectivity index is 1.76. The molecule has 25 heavy (non-hydrogen) atoms. The number of likely N-dealkylation sites (tertiary alicyclic amines) is 1. The first-order chi connectivity index (χ1) is 12.2. The Bertz CT molecular complexity index is 689. The summed E-state index contributed by atoms with van der Waals surface area (Å²) in [7, 11) is 4.93. The Morgan fingerprint density at radius 2 is 1.88 bits per heavy atom. The van der Waals surface area contributed by atoms with Gasteiger partial charge in [-0.05, 0) is 49.6 Å². The van der Waals surface area contributed by atoms with E-state index in [4.69, 9.17) is 14.2 Å². The van der Waals surface area contributed by atoms with Crippen molar-refractivity contribution in [3.8, 4) is 17.2 Å². The Kier molecular flexibility index (Phi) is 5.48. The van der Waals surface area contributed by atoms with Crippen LogP contribution in [0, 0.1) is 6.92 Å². The molecule has 6 heteroatoms. The van der Waals surface area contributed by atoms with Crippen molar-refractivity contribution in [3.05, 3.63) is 35.2 Å². The van der Waals surface area contributed by atoms with Gasteiger partial charge in [0.1, 0.15) is 0 Å². The number of rotatable bonds is 6. The number of aromatic nitrogens is 2. The third kappa shape index (κ3) is 3.74. The van der Waals surface area contributed by atoms with Gasteiger partial charge in [0, 0.05) is 24.7 Å². The van der Waals surface area contributed by atoms with Gasteiger partial charge in [-0.2, -0.15) is 5.10 Å². The highest BCUT2D eigenvalue weighted by Gasteiger charge is 2.24. The van der Waals surface area contributed by atoms with Crippen LogP contribution < -0.4 is 14.2 Å². The molecule has 1 atom stereocenters. The number of aryl methyl sites for hydroxylation is 1. The summed E-state index contributed by atoms with van der Waals surface area (Å²) in [6.07, 6.45) is 4.30. The number of methoxy groups -OCH3 is 3. The summed E-state index contributed by atoms with van der Waals surface area (Å²) in [6.45, 7) is 5.11. The molecule has 1 aliphatic rings. The van der Waals surface area contributed by atoms with E-state index in [-0.39, 0.29) is 0 Å². The molecule has 0 aliphatic carbocycles. The van der Waals surface area contributed by atoms with E-state index >= 15 is 0 Å². The van der Waals surface area contributed by atoms with Gasteiger partial charge in [-0.15, -0.1) is 0 Å². The van der Waals surface area contributed by atoms with Gasteiger partial charge >= 0.3 is 0 Å². The molecule has 1 aromatic heterocycles. The minimum absolute atomic E-state index is 0.512. The third-order valence-corrected chi connectivity index (χ3v) is 4.91. The number of aromatic amines is 1. The fourth-order valence-electron chi connectivity index (χ4n) is 3.69. The Morgan fingerprint density at radius 1 is 1.16 bits per heavy atom. The zero-order valence-electron chi connectivity index (χ0n) is 15.5. The molecule has 1 aliphatic heterocycles. The van der Waals surface area contributed by atoms with Crippen molar-refractivity contribution in [3.63, 3.8) is 0 Å². The molecule has 0 spiro atoms. The first-order valence-corrected chi connectivity index (χ1v) is 8.67. The van der Waals surface area contributed by atoms with Crippen molar-refractivity contribution in [2.45, 2.75) is 32.2 Å². The van der Waals surface area contributed by atoms with E-state index in [1.165, 1.54) is 24.1 Å². The largest absolute Gasteiger partial charge is 0.493 e. The monoisotopic (exact) mass is 345 g/mol. The molecule has 1 unspecified atom stereocenters. The minimum Gasteiger partial charge on any atom is -0.493 e. The maximum atomic E-state index is 5.47. The van der Waals surface area contributed by atoms with Gasteiger partial charge in [-0.1, -0.05) is 0 Å². The number of hydrogen-bond acceptors (Lipinski definition) is 5. The van der Waals surface area contributed by atoms with Crippen LogP contribution in [0.2, 0.25) is 0 Å². The SMILES string of the molecule is COc1cc(CN2CCCC(c3[nH]ncc3C)C2)cc(OC)c1OC. The second kappa shape index (κ2) is 7.78. The molecule has 0 saturated carbocycles. The van der Waals surface area contributed by atoms with E-state index in [0.29, 0.717) is 23.2 Å². The van der Waals surface area contributed by atoms with Gasteiger partial charge in [0.05, 0.1) is 27.5 Å². The standard InChI is InChI=1S/C19H27N3O3/c1-13-10-20-21-18(13)15-6-5-7-22(12-15)11-14-8-16(23-2)19(25-4)17(9-14)24-3/h8-10,15H,5-7,11-12H2,1-4H3,(H,20,21). The average molecular weight is 345 g/mol. The lowest BCUT2D eigenvalue weighted by atomic mass is 9.92. The highest BCUT2D eigenvalue weighted by Crippen LogP contribution is 2.39. The number of hydrogen-bond donors (Lipinski definition) is 1. The van der Waals surface area contributed by atoms with Crippen LogP contribution in [-0.2, 0) is 6.54 Å². The van der Waals surface area contributed by atoms with Crippen molar-refractivity contribution in [2.75, 3.05) is 34.4 Å². The second-order valence-corrected chi connectivity index (χ2v) is 6.57. The normalized spacial score (nSPS) is 18.2. The van der Waals surface area contributed by atoms with Gasteiger partial charge < -0.3 is 14.2 Å². The molecular weight excluding hydrogens is 318 g/mol. The number of nitrogens with zero attached hydrogens (tertiary/aromatic N) is 2. The summed E-state index contributed by atoms with van der Waals surface area (Å²) in [4.78, 5) is 2.48. The van der Waals surface area contributed by atoms with E-state index in [1.807, 2.05) is 18.3 Å². The Hall–Kier alpha value is -2.21. The van der Waals surface area contributed by atoms with Crippen molar-refractivity contribution in [1.29, 1.82) is 0 Å². The molecule has 6 nitrogen and oxygen atoms in total. The van der Waals surface area contributed by atoms with E-state index < -0.39 is 0 Å². The molecular formula is C19H27N3O3. The van der Waals surface area contributed by atoms with Crippen molar-refractivity contribution in [2.24, 2.45) is 0 Å². The average Bonchev–Trinajstić information content (AvgIpc) is 3.07. The quantitative estimate of drug-likeness (QED) is 0.872. The molecule has 2 aromatic rings. The zero-order valence-corrected chi connectivity index (χ0v) is 15.5. The first-order valence-electron chi connectivity index (χ1n) is 8.67. The molecule has 2 heterocycles. The molecule has 0 radical (unpaired) electrons. The molecule has 0 amide bonds. The summed E-state index contributed by atoms with van der Waals surface area (Å²) >= 11 is 0. The molecule has 1 saturated heterocycles. The maximum absolute atomic E-state index is 5.47. The first kappa shape index (κ1) is 17.6. The molecule has 136 valence electrons. The second-order valence-electron chi connectivity index (χ2n) is 6.57. The van der Waals surface area contributed by atoms with E-state index in [0.717, 1.165) is 25.2 Å². The van der Waals surface area contributed by atoms with Gasteiger partial charge in [0.2, 0.25) is 5.75 Å². The van der Waals surface area contributed by atoms with Crippen LogP contribution in [0.4, 0.5) is 0 Å². The lowest BCUT2D eigenvalue weighted by Gasteiger charge is -2.32. The minimum atomic E-state index is 0.512. The number of benzene rings is 1. The summed E-state index contributed by atoms with van der Waals surface area (Å²) in [5, 5.41) is 7.36. The highest BCUT2D eigenvalue weighted by atomic mass is 16.5. The van der Waals surface area contributed by atoms with Crippen LogP contribution in [0.1, 0.15) is 35.6 Å². The smallest absolute Gasteiger partial charge is 0.203 e. The number of nitrogens with one attached hydrogen (secondary N) is 1. The maximum Gasteiger partial charge on any atom is 0.203 e. The number of H-pyrrole nitrogens is 1. The highest BCUT2D eigenvalue weighted by molar-refractivity contribution is 5.53. The predicted octanol–water partition coefficient (Wildman–Crippen LogP) is 3.12. The van der Waals surface area contributed by atoms with Crippen LogP contribution >= 0.6 is 0 Å². The van der Waals surface area contributed by atoms with E-state index in [2.05, 4.69) is 22.0 Å². The molecule has 3 rings (SSSR count). The van der Waals surface area contributed by atoms with Gasteiger partial charge in [-0.25, -0.2) is 0 Å². The fraction of sp³-hybridized carbons (Fsp3) is 0.526. The van der Waals surface area contributed by atoms with Crippen LogP contribution in [0.5, 0.6) is 17.2 Å². The lowest BCUT2D eigenvalue weighted by Crippen LogP contribution is -2.34. The summed E-state index contributed by atoms with van der Waals surface area (Å²) in [5.41, 5.74) is 3.69. The number of piperidine rings is 1. The van der Waals surface area contributed by atoms with Gasteiger partial charge in [-0.3, -0.25) is 10.00 Å². The summed E-state index contributed by atoms with van der Waals surface area (Å²) < 4.78 is 16.3. The lowest BCUT2D eigenvalue weighted by molar-refractivity contribution is 0.197. The zero-order chi connectivity index (χ0) is 17.8.